The fraction of sp³-hybridized carbons (Fsp3) is 0.673. The molecule has 0 bridgehead atoms. The van der Waals surface area contributed by atoms with Crippen molar-refractivity contribution >= 4 is 35.5 Å². The summed E-state index contributed by atoms with van der Waals surface area (Å²) >= 11 is 0. The number of allylic oxidation sites excluding steroid dienone is 1. The van der Waals surface area contributed by atoms with Crippen molar-refractivity contribution in [3.05, 3.63) is 59.2 Å². The van der Waals surface area contributed by atoms with Gasteiger partial charge in [0.1, 0.15) is 18.1 Å². The maximum absolute atomic E-state index is 14.2. The number of hydrogen-bond donors (Lipinski definition) is 5. The Hall–Kier alpha value is -4.72. The largest absolute Gasteiger partial charge is 0.449 e. The Labute approximate surface area is 398 Å². The topological polar surface area (TPSA) is 217 Å². The minimum absolute atomic E-state index is 0.0778. The highest BCUT2D eigenvalue weighted by molar-refractivity contribution is 5.95. The number of hydrogen-bond acceptors (Lipinski definition) is 13. The summed E-state index contributed by atoms with van der Waals surface area (Å²) in [6, 6.07) is 4.82. The fourth-order valence-corrected chi connectivity index (χ4v) is 7.39. The normalized spacial score (nSPS) is 28.1. The number of esters is 1. The van der Waals surface area contributed by atoms with Crippen LogP contribution in [0, 0.1) is 17.8 Å². The predicted octanol–water partition coefficient (Wildman–Crippen LogP) is 3.09. The van der Waals surface area contributed by atoms with E-state index in [1.165, 1.54) is 30.8 Å². The Morgan fingerprint density at radius 2 is 1.66 bits per heavy atom. The average Bonchev–Trinajstić information content (AvgIpc) is 3.29. The van der Waals surface area contributed by atoms with E-state index in [9.17, 15) is 33.9 Å². The summed E-state index contributed by atoms with van der Waals surface area (Å²) < 4.78 is 18.5. The fourth-order valence-electron chi connectivity index (χ4n) is 7.39. The molecular formula is C49H81N7O11. The highest BCUT2D eigenvalue weighted by Crippen LogP contribution is 2.27. The number of carbonyl (C=O) groups excluding carboxylic acids is 6. The average molecular weight is 944 g/mol. The van der Waals surface area contributed by atoms with Crippen LogP contribution in [0.25, 0.3) is 0 Å². The number of ether oxygens (including phenoxy) is 3. The third-order valence-corrected chi connectivity index (χ3v) is 12.2. The van der Waals surface area contributed by atoms with Crippen molar-refractivity contribution < 1.29 is 52.9 Å². The molecule has 18 heteroatoms. The van der Waals surface area contributed by atoms with E-state index in [0.717, 1.165) is 11.1 Å². The molecule has 2 rings (SSSR count). The molecule has 5 amide bonds. The number of rotatable bonds is 14. The van der Waals surface area contributed by atoms with Crippen molar-refractivity contribution in [2.45, 2.75) is 144 Å². The first kappa shape index (κ1) is 58.4. The summed E-state index contributed by atoms with van der Waals surface area (Å²) in [6.07, 6.45) is 0.237. The van der Waals surface area contributed by atoms with Gasteiger partial charge in [-0.15, -0.1) is 0 Å². The Morgan fingerprint density at radius 1 is 1.00 bits per heavy atom. The zero-order valence-electron chi connectivity index (χ0n) is 42.4. The second-order valence-electron chi connectivity index (χ2n) is 18.2. The van der Waals surface area contributed by atoms with E-state index < -0.39 is 96.7 Å². The van der Waals surface area contributed by atoms with E-state index in [-0.39, 0.29) is 43.5 Å². The number of likely N-dealkylation sites (N-methyl/N-ethyl adjacent to an activating group) is 4. The summed E-state index contributed by atoms with van der Waals surface area (Å²) in [5.74, 6) is -4.67. The standard InChI is InChI=1S/C49H81N7O11/c1-15-31(5)42-45(59)52-36(10)49(63)67-43(32(6)16-2)34(8)39(64-29-65-55(13)25-24-50-11)23-22-33(7)48(62)66-40(26-30(3)4)44(58)51-35(9)46(60)56(14)38(27-37-20-18-17-19-21-37)47(61)54(12)28-41(57)53-42/h16-22,30-31,34-36,38-40,42-43,49-50,63H,15,23-29H2,1-14H3,(H,51,58)(H,52,59)(H,53,57)/b32-16+,33-22+/t31-,34+,35+,36-,38-,39+,40-,42+,43-,49?/m1/s1. The minimum Gasteiger partial charge on any atom is -0.449 e. The van der Waals surface area contributed by atoms with Gasteiger partial charge in [-0.1, -0.05) is 83.5 Å². The first-order valence-corrected chi connectivity index (χ1v) is 23.5. The molecule has 1 aliphatic heterocycles. The van der Waals surface area contributed by atoms with Crippen molar-refractivity contribution in [1.82, 2.24) is 36.1 Å². The van der Waals surface area contributed by atoms with Crippen molar-refractivity contribution in [3.8, 4) is 0 Å². The van der Waals surface area contributed by atoms with Gasteiger partial charge in [0.25, 0.3) is 5.91 Å². The first-order valence-electron chi connectivity index (χ1n) is 23.5. The lowest BCUT2D eigenvalue weighted by Gasteiger charge is -2.35. The molecule has 1 aliphatic rings. The summed E-state index contributed by atoms with van der Waals surface area (Å²) in [5, 5.41) is 24.5. The molecule has 0 spiro atoms. The second kappa shape index (κ2) is 29.2. The van der Waals surface area contributed by atoms with Crippen LogP contribution >= 0.6 is 0 Å². The zero-order valence-corrected chi connectivity index (χ0v) is 42.4. The van der Waals surface area contributed by atoms with Crippen LogP contribution in [0.15, 0.2) is 53.6 Å². The number of cyclic esters (lactones) is 1. The SMILES string of the molecule is C/C=C(\C)[C@H]1OC(O)[C@@H](C)NC(=O)[C@H]([C@H](C)CC)NC(=O)CN(C)C(=O)[C@@H](Cc2ccccc2)N(C)C(=O)[C@H](C)NC(=O)[C@@H](CC(C)C)OC(=O)/C(C)=C/C[C@H](OCON(C)CCNC)[C@@H]1C. The van der Waals surface area contributed by atoms with E-state index in [0.29, 0.717) is 19.5 Å². The van der Waals surface area contributed by atoms with Gasteiger partial charge >= 0.3 is 5.97 Å². The number of nitrogens with one attached hydrogen (secondary N) is 4. The molecule has 0 saturated heterocycles. The van der Waals surface area contributed by atoms with Gasteiger partial charge in [0.15, 0.2) is 19.2 Å². The van der Waals surface area contributed by atoms with Crippen LogP contribution < -0.4 is 21.3 Å². The van der Waals surface area contributed by atoms with Crippen molar-refractivity contribution in [2.24, 2.45) is 17.8 Å². The Bertz CT molecular complexity index is 1810. The lowest BCUT2D eigenvalue weighted by molar-refractivity contribution is -0.235. The highest BCUT2D eigenvalue weighted by atomic mass is 16.8. The van der Waals surface area contributed by atoms with Gasteiger partial charge in [-0.3, -0.25) is 28.8 Å². The van der Waals surface area contributed by atoms with Crippen LogP contribution in [0.5, 0.6) is 0 Å². The number of carbonyl (C=O) groups is 6. The summed E-state index contributed by atoms with van der Waals surface area (Å²) in [5.41, 5.74) is 1.71. The van der Waals surface area contributed by atoms with Gasteiger partial charge in [0.05, 0.1) is 24.8 Å². The Morgan fingerprint density at radius 3 is 2.25 bits per heavy atom. The van der Waals surface area contributed by atoms with E-state index >= 15 is 0 Å². The number of aliphatic hydroxyl groups is 1. The number of nitrogens with zero attached hydrogens (tertiary/aromatic N) is 3. The summed E-state index contributed by atoms with van der Waals surface area (Å²) in [7, 11) is 6.49. The number of benzene rings is 1. The van der Waals surface area contributed by atoms with Crippen LogP contribution in [-0.2, 0) is 54.2 Å². The molecule has 1 heterocycles. The molecule has 1 unspecified atom stereocenters. The van der Waals surface area contributed by atoms with Crippen LogP contribution in [0.1, 0.15) is 94.1 Å². The number of hydroxylamine groups is 2. The van der Waals surface area contributed by atoms with Crippen LogP contribution in [0.3, 0.4) is 0 Å². The van der Waals surface area contributed by atoms with E-state index in [1.54, 1.807) is 44.2 Å². The highest BCUT2D eigenvalue weighted by Gasteiger charge is 2.37. The van der Waals surface area contributed by atoms with Crippen molar-refractivity contribution in [2.75, 3.05) is 54.6 Å². The van der Waals surface area contributed by atoms with Crippen LogP contribution in [-0.4, -0.2) is 159 Å². The molecule has 67 heavy (non-hydrogen) atoms. The van der Waals surface area contributed by atoms with Gasteiger partial charge in [-0.05, 0) is 77.5 Å². The maximum atomic E-state index is 14.2. The van der Waals surface area contributed by atoms with Crippen LogP contribution in [0.2, 0.25) is 0 Å². The molecule has 10 atom stereocenters. The molecule has 18 nitrogen and oxygen atoms in total. The quantitative estimate of drug-likeness (QED) is 0.0786. The van der Waals surface area contributed by atoms with Gasteiger partial charge in [-0.25, -0.2) is 4.79 Å². The molecule has 0 aromatic heterocycles. The van der Waals surface area contributed by atoms with E-state index in [2.05, 4.69) is 21.3 Å². The van der Waals surface area contributed by atoms with Gasteiger partial charge in [-0.2, -0.15) is 5.06 Å². The summed E-state index contributed by atoms with van der Waals surface area (Å²) in [4.78, 5) is 91.8. The van der Waals surface area contributed by atoms with E-state index in [4.69, 9.17) is 19.0 Å². The van der Waals surface area contributed by atoms with Gasteiger partial charge in [0.2, 0.25) is 23.6 Å². The van der Waals surface area contributed by atoms with E-state index in [1.807, 2.05) is 79.8 Å². The van der Waals surface area contributed by atoms with Crippen molar-refractivity contribution in [3.63, 3.8) is 0 Å². The second-order valence-corrected chi connectivity index (χ2v) is 18.2. The predicted molar refractivity (Wildman–Crippen MR) is 256 cm³/mol. The molecule has 378 valence electrons. The monoisotopic (exact) mass is 944 g/mol. The first-order chi connectivity index (χ1) is 31.6. The van der Waals surface area contributed by atoms with Crippen LogP contribution in [0.4, 0.5) is 0 Å². The molecule has 0 aliphatic carbocycles. The molecule has 1 aromatic carbocycles. The third-order valence-electron chi connectivity index (χ3n) is 12.2. The molecular weight excluding hydrogens is 863 g/mol. The molecule has 0 fully saturated rings. The van der Waals surface area contributed by atoms with Gasteiger partial charge < -0.3 is 50.4 Å². The van der Waals surface area contributed by atoms with Gasteiger partial charge in [0, 0.05) is 52.1 Å². The third kappa shape index (κ3) is 19.1. The van der Waals surface area contributed by atoms with Crippen molar-refractivity contribution in [1.29, 1.82) is 0 Å². The number of amides is 5. The number of aliphatic hydroxyl groups excluding tert-OH is 1. The molecule has 0 saturated carbocycles. The lowest BCUT2D eigenvalue weighted by atomic mass is 9.90. The minimum atomic E-state index is -1.52. The smallest absolute Gasteiger partial charge is 0.334 e. The molecule has 5 N–H and O–H groups in total. The maximum Gasteiger partial charge on any atom is 0.334 e. The zero-order chi connectivity index (χ0) is 50.5. The lowest BCUT2D eigenvalue weighted by Crippen LogP contribution is -2.58. The Balaban J connectivity index is 2.69. The molecule has 1 aromatic rings. The Kier molecular flexibility index (Phi) is 25.5. The molecule has 0 radical (unpaired) electrons. The summed E-state index contributed by atoms with van der Waals surface area (Å²) in [6.45, 7) is 18.3.